The quantitative estimate of drug-likeness (QED) is 0.604. The second-order valence-corrected chi connectivity index (χ2v) is 4.06. The number of carbonyl (C=O) groups is 1. The number of amides is 1. The molecule has 1 amide bonds. The molecule has 0 aromatic heterocycles. The first-order valence-electron chi connectivity index (χ1n) is 5.59. The van der Waals surface area contributed by atoms with Crippen molar-refractivity contribution >= 4 is 5.91 Å². The molecule has 1 rings (SSSR count). The molecular weight excluding hydrogens is 162 g/mol. The summed E-state index contributed by atoms with van der Waals surface area (Å²) in [6, 6.07) is 0. The van der Waals surface area contributed by atoms with Gasteiger partial charge in [-0.2, -0.15) is 0 Å². The Kier molecular flexibility index (Phi) is 4.87. The molecule has 1 N–H and O–H groups in total. The second kappa shape index (κ2) is 6.01. The summed E-state index contributed by atoms with van der Waals surface area (Å²) >= 11 is 0. The van der Waals surface area contributed by atoms with Gasteiger partial charge in [0.05, 0.1) is 0 Å². The Morgan fingerprint density at radius 2 is 2.08 bits per heavy atom. The van der Waals surface area contributed by atoms with Crippen LogP contribution in [-0.4, -0.2) is 12.5 Å². The molecule has 1 aliphatic carbocycles. The summed E-state index contributed by atoms with van der Waals surface area (Å²) in [5, 5.41) is 2.98. The topological polar surface area (TPSA) is 29.1 Å². The third kappa shape index (κ3) is 5.67. The lowest BCUT2D eigenvalue weighted by Crippen LogP contribution is -2.25. The predicted molar refractivity (Wildman–Crippen MR) is 54.5 cm³/mol. The van der Waals surface area contributed by atoms with Gasteiger partial charge in [-0.15, -0.1) is 0 Å². The van der Waals surface area contributed by atoms with Crippen LogP contribution in [0.15, 0.2) is 0 Å². The molecule has 0 spiro atoms. The molecule has 0 atom stereocenters. The van der Waals surface area contributed by atoms with Gasteiger partial charge in [0.1, 0.15) is 0 Å². The van der Waals surface area contributed by atoms with E-state index in [1.54, 1.807) is 0 Å². The summed E-state index contributed by atoms with van der Waals surface area (Å²) in [5.74, 6) is 1.06. The number of nitrogens with one attached hydrogen (secondary N) is 1. The highest BCUT2D eigenvalue weighted by Gasteiger charge is 2.21. The molecule has 13 heavy (non-hydrogen) atoms. The van der Waals surface area contributed by atoms with Crippen LogP contribution in [-0.2, 0) is 4.79 Å². The van der Waals surface area contributed by atoms with E-state index in [4.69, 9.17) is 0 Å². The Hall–Kier alpha value is -0.530. The number of carbonyl (C=O) groups excluding carboxylic acids is 1. The van der Waals surface area contributed by atoms with E-state index >= 15 is 0 Å². The number of hydrogen-bond donors (Lipinski definition) is 1. The number of rotatable bonds is 7. The molecule has 2 heteroatoms. The lowest BCUT2D eigenvalue weighted by Gasteiger charge is -2.03. The van der Waals surface area contributed by atoms with Crippen molar-refractivity contribution in [2.75, 3.05) is 6.54 Å². The van der Waals surface area contributed by atoms with Crippen LogP contribution in [0.3, 0.4) is 0 Å². The zero-order chi connectivity index (χ0) is 9.52. The molecule has 0 bridgehead atoms. The minimum Gasteiger partial charge on any atom is -0.356 e. The van der Waals surface area contributed by atoms with Crippen molar-refractivity contribution in [1.82, 2.24) is 5.32 Å². The third-order valence-corrected chi connectivity index (χ3v) is 2.54. The Balaban J connectivity index is 1.84. The van der Waals surface area contributed by atoms with Gasteiger partial charge in [0, 0.05) is 13.0 Å². The fourth-order valence-corrected chi connectivity index (χ4v) is 1.38. The molecule has 1 aliphatic rings. The van der Waals surface area contributed by atoms with Crippen LogP contribution in [0, 0.1) is 5.92 Å². The van der Waals surface area contributed by atoms with Gasteiger partial charge in [0.2, 0.25) is 5.91 Å². The molecule has 0 radical (unpaired) electrons. The van der Waals surface area contributed by atoms with Gasteiger partial charge < -0.3 is 5.32 Å². The third-order valence-electron chi connectivity index (χ3n) is 2.54. The molecule has 0 aromatic carbocycles. The molecular formula is C11H21NO. The molecule has 0 saturated heterocycles. The zero-order valence-corrected chi connectivity index (χ0v) is 8.64. The van der Waals surface area contributed by atoms with E-state index in [0.717, 1.165) is 25.3 Å². The molecule has 76 valence electrons. The first-order chi connectivity index (χ1) is 6.33. The fourth-order valence-electron chi connectivity index (χ4n) is 1.38. The summed E-state index contributed by atoms with van der Waals surface area (Å²) in [6.07, 6.45) is 8.12. The highest BCUT2D eigenvalue weighted by atomic mass is 16.1. The van der Waals surface area contributed by atoms with Gasteiger partial charge in [-0.05, 0) is 25.2 Å². The first kappa shape index (κ1) is 10.6. The normalized spacial score (nSPS) is 15.8. The molecule has 1 saturated carbocycles. The van der Waals surface area contributed by atoms with Crippen LogP contribution >= 0.6 is 0 Å². The Labute approximate surface area is 81.1 Å². The SMILES string of the molecule is CCCCCCC(=O)NCC1CC1. The first-order valence-corrected chi connectivity index (χ1v) is 5.59. The van der Waals surface area contributed by atoms with Gasteiger partial charge in [0.15, 0.2) is 0 Å². The van der Waals surface area contributed by atoms with Crippen molar-refractivity contribution < 1.29 is 4.79 Å². The van der Waals surface area contributed by atoms with Gasteiger partial charge in [0.25, 0.3) is 0 Å². The average molecular weight is 183 g/mol. The van der Waals surface area contributed by atoms with E-state index in [9.17, 15) is 4.79 Å². The van der Waals surface area contributed by atoms with Crippen molar-refractivity contribution in [2.24, 2.45) is 5.92 Å². The van der Waals surface area contributed by atoms with Crippen molar-refractivity contribution in [3.05, 3.63) is 0 Å². The Bertz CT molecular complexity index is 152. The molecule has 0 aliphatic heterocycles. The van der Waals surface area contributed by atoms with E-state index in [1.165, 1.54) is 32.1 Å². The summed E-state index contributed by atoms with van der Waals surface area (Å²) in [5.41, 5.74) is 0. The summed E-state index contributed by atoms with van der Waals surface area (Å²) in [6.45, 7) is 3.11. The van der Waals surface area contributed by atoms with Gasteiger partial charge in [-0.1, -0.05) is 26.2 Å². The summed E-state index contributed by atoms with van der Waals surface area (Å²) < 4.78 is 0. The lowest BCUT2D eigenvalue weighted by atomic mass is 10.1. The summed E-state index contributed by atoms with van der Waals surface area (Å²) in [4.78, 5) is 11.2. The van der Waals surface area contributed by atoms with E-state index in [1.807, 2.05) is 0 Å². The van der Waals surface area contributed by atoms with Crippen LogP contribution in [0.2, 0.25) is 0 Å². The standard InChI is InChI=1S/C11H21NO/c1-2-3-4-5-6-11(13)12-9-10-7-8-10/h10H,2-9H2,1H3,(H,12,13). The molecule has 0 unspecified atom stereocenters. The molecule has 2 nitrogen and oxygen atoms in total. The Morgan fingerprint density at radius 3 is 2.69 bits per heavy atom. The zero-order valence-electron chi connectivity index (χ0n) is 8.64. The van der Waals surface area contributed by atoms with Gasteiger partial charge in [-0.3, -0.25) is 4.79 Å². The second-order valence-electron chi connectivity index (χ2n) is 4.06. The van der Waals surface area contributed by atoms with Crippen LogP contribution in [0.5, 0.6) is 0 Å². The number of unbranched alkanes of at least 4 members (excludes halogenated alkanes) is 3. The maximum Gasteiger partial charge on any atom is 0.220 e. The maximum absolute atomic E-state index is 11.2. The molecule has 0 aromatic rings. The van der Waals surface area contributed by atoms with E-state index in [2.05, 4.69) is 12.2 Å². The largest absolute Gasteiger partial charge is 0.356 e. The molecule has 1 fully saturated rings. The van der Waals surface area contributed by atoms with Gasteiger partial charge in [-0.25, -0.2) is 0 Å². The lowest BCUT2D eigenvalue weighted by molar-refractivity contribution is -0.121. The van der Waals surface area contributed by atoms with E-state index in [0.29, 0.717) is 0 Å². The van der Waals surface area contributed by atoms with Crippen LogP contribution < -0.4 is 5.32 Å². The van der Waals surface area contributed by atoms with E-state index < -0.39 is 0 Å². The van der Waals surface area contributed by atoms with Crippen LogP contribution in [0.4, 0.5) is 0 Å². The van der Waals surface area contributed by atoms with Gasteiger partial charge >= 0.3 is 0 Å². The average Bonchev–Trinajstić information content (AvgIpc) is 2.92. The highest BCUT2D eigenvalue weighted by molar-refractivity contribution is 5.75. The Morgan fingerprint density at radius 1 is 1.31 bits per heavy atom. The van der Waals surface area contributed by atoms with Crippen molar-refractivity contribution in [3.8, 4) is 0 Å². The van der Waals surface area contributed by atoms with Crippen LogP contribution in [0.25, 0.3) is 0 Å². The van der Waals surface area contributed by atoms with Crippen molar-refractivity contribution in [1.29, 1.82) is 0 Å². The maximum atomic E-state index is 11.2. The minimum atomic E-state index is 0.253. The van der Waals surface area contributed by atoms with Crippen molar-refractivity contribution in [3.63, 3.8) is 0 Å². The van der Waals surface area contributed by atoms with Crippen LogP contribution in [0.1, 0.15) is 51.9 Å². The van der Waals surface area contributed by atoms with E-state index in [-0.39, 0.29) is 5.91 Å². The smallest absolute Gasteiger partial charge is 0.220 e. The molecule has 0 heterocycles. The minimum absolute atomic E-state index is 0.253. The highest BCUT2D eigenvalue weighted by Crippen LogP contribution is 2.27. The number of hydrogen-bond acceptors (Lipinski definition) is 1. The monoisotopic (exact) mass is 183 g/mol. The van der Waals surface area contributed by atoms with Crippen molar-refractivity contribution in [2.45, 2.75) is 51.9 Å². The summed E-state index contributed by atoms with van der Waals surface area (Å²) in [7, 11) is 0. The fraction of sp³-hybridized carbons (Fsp3) is 0.909. The predicted octanol–water partition coefficient (Wildman–Crippen LogP) is 2.48.